The lowest BCUT2D eigenvalue weighted by Crippen LogP contribution is -2.17. The van der Waals surface area contributed by atoms with Gasteiger partial charge in [0.25, 0.3) is 0 Å². The highest BCUT2D eigenvalue weighted by atomic mass is 15.0. The predicted octanol–water partition coefficient (Wildman–Crippen LogP) is 4.63. The summed E-state index contributed by atoms with van der Waals surface area (Å²) in [5.74, 6) is 0.627. The van der Waals surface area contributed by atoms with Gasteiger partial charge in [0.1, 0.15) is 5.84 Å². The zero-order valence-electron chi connectivity index (χ0n) is 14.5. The average Bonchev–Trinajstić information content (AvgIpc) is 2.73. The van der Waals surface area contributed by atoms with Gasteiger partial charge in [-0.25, -0.2) is 4.99 Å². The number of rotatable bonds is 2. The van der Waals surface area contributed by atoms with Gasteiger partial charge in [0, 0.05) is 11.1 Å². The first-order valence-corrected chi connectivity index (χ1v) is 8.55. The van der Waals surface area contributed by atoms with Crippen molar-refractivity contribution in [3.05, 3.63) is 96.1 Å². The molecule has 0 aliphatic rings. The lowest BCUT2D eigenvalue weighted by Gasteiger charge is -2.10. The highest BCUT2D eigenvalue weighted by molar-refractivity contribution is 6.20. The number of aliphatic imine (C=N–C) groups is 2. The van der Waals surface area contributed by atoms with Crippen molar-refractivity contribution in [1.82, 2.24) is 0 Å². The molecule has 0 saturated carbocycles. The minimum atomic E-state index is 0.299. The third-order valence-electron chi connectivity index (χ3n) is 4.46. The number of hydrogen-bond donors (Lipinski definition) is 1. The number of fused-ring (bicyclic) bond motifs is 3. The number of nitrogens with zero attached hydrogens (tertiary/aromatic N) is 3. The summed E-state index contributed by atoms with van der Waals surface area (Å²) < 4.78 is 0. The van der Waals surface area contributed by atoms with E-state index in [9.17, 15) is 0 Å². The van der Waals surface area contributed by atoms with Crippen molar-refractivity contribution < 1.29 is 0 Å². The molecular weight excluding hydrogens is 332 g/mol. The summed E-state index contributed by atoms with van der Waals surface area (Å²) in [6.45, 7) is 0. The molecule has 0 fully saturated rings. The molecular formula is C23H16N4. The minimum Gasteiger partial charge on any atom is -0.383 e. The fourth-order valence-electron chi connectivity index (χ4n) is 3.23. The van der Waals surface area contributed by atoms with Crippen LogP contribution in [0.25, 0.3) is 21.5 Å². The van der Waals surface area contributed by atoms with Gasteiger partial charge < -0.3 is 5.73 Å². The second-order valence-electron chi connectivity index (χ2n) is 6.09. The Labute approximate surface area is 156 Å². The molecule has 27 heavy (non-hydrogen) atoms. The minimum absolute atomic E-state index is 0.299. The molecule has 4 nitrogen and oxygen atoms in total. The summed E-state index contributed by atoms with van der Waals surface area (Å²) in [5, 5.41) is 13.4. The Morgan fingerprint density at radius 2 is 1.41 bits per heavy atom. The van der Waals surface area contributed by atoms with Crippen LogP contribution in [0.3, 0.4) is 0 Å². The van der Waals surface area contributed by atoms with Crippen LogP contribution in [0.1, 0.15) is 11.1 Å². The maximum absolute atomic E-state index is 9.05. The third-order valence-corrected chi connectivity index (χ3v) is 4.46. The molecule has 4 aromatic carbocycles. The summed E-state index contributed by atoms with van der Waals surface area (Å²) >= 11 is 0. The Balaban J connectivity index is 1.94. The summed E-state index contributed by atoms with van der Waals surface area (Å²) in [5.41, 5.74) is 7.95. The van der Waals surface area contributed by atoms with Gasteiger partial charge in [-0.2, -0.15) is 10.3 Å². The standard InChI is InChI=1S/C23H16N4/c24-15-26-23(16-8-2-1-3-9-16)27-22(25)21-14-17-10-4-5-11-18(17)19-12-6-7-13-20(19)21/h1-14H,(H2,25,26,27). The third kappa shape index (κ3) is 3.14. The lowest BCUT2D eigenvalue weighted by atomic mass is 9.97. The lowest BCUT2D eigenvalue weighted by molar-refractivity contribution is 1.40. The quantitative estimate of drug-likeness (QED) is 0.248. The molecule has 0 spiro atoms. The van der Waals surface area contributed by atoms with E-state index >= 15 is 0 Å². The molecule has 0 aliphatic heterocycles. The molecule has 0 atom stereocenters. The fraction of sp³-hybridized carbons (Fsp3) is 0. The Morgan fingerprint density at radius 3 is 2.15 bits per heavy atom. The molecule has 0 heterocycles. The van der Waals surface area contributed by atoms with E-state index in [1.807, 2.05) is 72.9 Å². The Morgan fingerprint density at radius 1 is 0.778 bits per heavy atom. The molecule has 0 aliphatic carbocycles. The molecule has 0 bridgehead atoms. The maximum Gasteiger partial charge on any atom is 0.207 e. The van der Waals surface area contributed by atoms with Crippen molar-refractivity contribution in [2.75, 3.05) is 0 Å². The largest absolute Gasteiger partial charge is 0.383 e. The van der Waals surface area contributed by atoms with Gasteiger partial charge >= 0.3 is 0 Å². The second kappa shape index (κ2) is 7.11. The monoisotopic (exact) mass is 348 g/mol. The van der Waals surface area contributed by atoms with Crippen LogP contribution in [0.2, 0.25) is 0 Å². The Bertz CT molecular complexity index is 1230. The zero-order chi connectivity index (χ0) is 18.6. The number of nitrogens with two attached hydrogens (primary N) is 1. The molecule has 4 rings (SSSR count). The molecule has 0 amide bonds. The molecule has 0 aromatic heterocycles. The van der Waals surface area contributed by atoms with E-state index in [2.05, 4.69) is 28.2 Å². The van der Waals surface area contributed by atoms with E-state index < -0.39 is 0 Å². The van der Waals surface area contributed by atoms with Crippen LogP contribution in [0.15, 0.2) is 94.9 Å². The van der Waals surface area contributed by atoms with Crippen LogP contribution in [-0.4, -0.2) is 11.7 Å². The van der Waals surface area contributed by atoms with Gasteiger partial charge in [-0.1, -0.05) is 78.9 Å². The van der Waals surface area contributed by atoms with Gasteiger partial charge in [-0.15, -0.1) is 0 Å². The average molecular weight is 348 g/mol. The summed E-state index contributed by atoms with van der Waals surface area (Å²) in [6.07, 6.45) is 1.82. The van der Waals surface area contributed by atoms with E-state index in [-0.39, 0.29) is 0 Å². The molecule has 0 unspecified atom stereocenters. The van der Waals surface area contributed by atoms with Crippen molar-refractivity contribution in [2.24, 2.45) is 15.7 Å². The molecule has 0 radical (unpaired) electrons. The first-order chi connectivity index (χ1) is 13.3. The van der Waals surface area contributed by atoms with Crippen LogP contribution < -0.4 is 5.73 Å². The van der Waals surface area contributed by atoms with Crippen LogP contribution >= 0.6 is 0 Å². The predicted molar refractivity (Wildman–Crippen MR) is 111 cm³/mol. The van der Waals surface area contributed by atoms with Crippen molar-refractivity contribution in [2.45, 2.75) is 0 Å². The first kappa shape index (κ1) is 16.5. The molecule has 2 N–H and O–H groups in total. The highest BCUT2D eigenvalue weighted by Crippen LogP contribution is 2.28. The van der Waals surface area contributed by atoms with Gasteiger partial charge in [0.05, 0.1) is 0 Å². The van der Waals surface area contributed by atoms with E-state index in [1.165, 1.54) is 5.39 Å². The number of benzene rings is 4. The van der Waals surface area contributed by atoms with Crippen molar-refractivity contribution in [1.29, 1.82) is 5.26 Å². The van der Waals surface area contributed by atoms with Gasteiger partial charge in [0.2, 0.25) is 6.19 Å². The van der Waals surface area contributed by atoms with Crippen LogP contribution in [0.4, 0.5) is 0 Å². The van der Waals surface area contributed by atoms with E-state index in [4.69, 9.17) is 11.0 Å². The number of nitriles is 1. The summed E-state index contributed by atoms with van der Waals surface area (Å²) in [7, 11) is 0. The van der Waals surface area contributed by atoms with E-state index in [0.717, 1.165) is 27.3 Å². The van der Waals surface area contributed by atoms with Crippen molar-refractivity contribution in [3.63, 3.8) is 0 Å². The van der Waals surface area contributed by atoms with Gasteiger partial charge in [-0.3, -0.25) is 0 Å². The molecule has 0 saturated heterocycles. The van der Waals surface area contributed by atoms with Crippen molar-refractivity contribution >= 4 is 33.2 Å². The normalized spacial score (nSPS) is 12.3. The van der Waals surface area contributed by atoms with Crippen LogP contribution in [0, 0.1) is 11.5 Å². The number of hydrogen-bond acceptors (Lipinski definition) is 2. The first-order valence-electron chi connectivity index (χ1n) is 8.55. The molecule has 128 valence electrons. The fourth-order valence-corrected chi connectivity index (χ4v) is 3.23. The van der Waals surface area contributed by atoms with E-state index in [0.29, 0.717) is 11.7 Å². The maximum atomic E-state index is 9.05. The zero-order valence-corrected chi connectivity index (χ0v) is 14.5. The SMILES string of the molecule is N#CN=C(N=C(N)c1cc2ccccc2c2ccccc12)c1ccccc1. The van der Waals surface area contributed by atoms with Crippen LogP contribution in [-0.2, 0) is 0 Å². The highest BCUT2D eigenvalue weighted by Gasteiger charge is 2.11. The second-order valence-corrected chi connectivity index (χ2v) is 6.09. The Kier molecular flexibility index (Phi) is 4.34. The summed E-state index contributed by atoms with van der Waals surface area (Å²) in [4.78, 5) is 8.34. The van der Waals surface area contributed by atoms with Gasteiger partial charge in [-0.05, 0) is 27.6 Å². The van der Waals surface area contributed by atoms with E-state index in [1.54, 1.807) is 0 Å². The topological polar surface area (TPSA) is 74.5 Å². The smallest absolute Gasteiger partial charge is 0.207 e. The number of amidine groups is 2. The molecule has 4 aromatic rings. The van der Waals surface area contributed by atoms with Crippen molar-refractivity contribution in [3.8, 4) is 6.19 Å². The van der Waals surface area contributed by atoms with Gasteiger partial charge in [0.15, 0.2) is 5.84 Å². The van der Waals surface area contributed by atoms with Crippen LogP contribution in [0.5, 0.6) is 0 Å². The summed E-state index contributed by atoms with van der Waals surface area (Å²) in [6, 6.07) is 27.7. The molecule has 4 heteroatoms. The Hall–Kier alpha value is -3.97.